The van der Waals surface area contributed by atoms with Gasteiger partial charge in [0, 0.05) is 16.7 Å². The van der Waals surface area contributed by atoms with E-state index in [1.54, 1.807) is 16.1 Å². The van der Waals surface area contributed by atoms with Gasteiger partial charge in [0.1, 0.15) is 18.3 Å². The lowest BCUT2D eigenvalue weighted by atomic mass is 10.0. The van der Waals surface area contributed by atoms with Gasteiger partial charge in [-0.15, -0.1) is 0 Å². The fraction of sp³-hybridized carbons (Fsp3) is 0.185. The zero-order valence-corrected chi connectivity index (χ0v) is 20.4. The molecule has 2 aliphatic rings. The number of hydrogen-bond donors (Lipinski definition) is 1. The van der Waals surface area contributed by atoms with Gasteiger partial charge in [-0.3, -0.25) is 9.69 Å². The van der Waals surface area contributed by atoms with E-state index in [1.807, 2.05) is 79.0 Å². The molecule has 1 aliphatic heterocycles. The van der Waals surface area contributed by atoms with E-state index in [-0.39, 0.29) is 24.5 Å². The Morgan fingerprint density at radius 1 is 0.971 bits per heavy atom. The molecule has 0 bridgehead atoms. The molecule has 7 nitrogen and oxygen atoms in total. The first-order valence-electron chi connectivity index (χ1n) is 11.6. The zero-order chi connectivity index (χ0) is 23.9. The van der Waals surface area contributed by atoms with Crippen molar-refractivity contribution in [3.8, 4) is 5.69 Å². The van der Waals surface area contributed by atoms with Gasteiger partial charge in [-0.05, 0) is 77.3 Å². The number of fused-ring (bicyclic) bond motifs is 3. The standard InChI is InChI=1S/C27H23BrN4O3/c28-19-7-1-2-8-20(19)29-27(34)31(18-13-14-18)17-25(33)32-22-10-4-3-9-21(22)30-15-5-11-23(30)26(32)24-12-6-16-35-24/h1-12,15-16,18,26H,13-14,17H2,(H,29,34). The maximum absolute atomic E-state index is 14.0. The molecule has 0 saturated heterocycles. The van der Waals surface area contributed by atoms with Crippen molar-refractivity contribution in [2.24, 2.45) is 0 Å². The molecule has 1 aliphatic carbocycles. The number of carbonyl (C=O) groups excluding carboxylic acids is 2. The Labute approximate surface area is 211 Å². The third-order valence-electron chi connectivity index (χ3n) is 6.47. The molecule has 0 radical (unpaired) electrons. The Morgan fingerprint density at radius 2 is 1.74 bits per heavy atom. The second-order valence-electron chi connectivity index (χ2n) is 8.74. The normalized spacial score (nSPS) is 16.4. The summed E-state index contributed by atoms with van der Waals surface area (Å²) in [6.45, 7) is -0.0345. The van der Waals surface area contributed by atoms with E-state index in [4.69, 9.17) is 4.42 Å². The van der Waals surface area contributed by atoms with Crippen LogP contribution in [0, 0.1) is 0 Å². The molecule has 1 fully saturated rings. The van der Waals surface area contributed by atoms with Crippen LogP contribution in [-0.2, 0) is 4.79 Å². The van der Waals surface area contributed by atoms with Crippen molar-refractivity contribution in [2.45, 2.75) is 24.9 Å². The minimum atomic E-state index is -0.435. The summed E-state index contributed by atoms with van der Waals surface area (Å²) < 4.78 is 8.67. The Hall–Kier alpha value is -3.78. The highest BCUT2D eigenvalue weighted by molar-refractivity contribution is 9.10. The molecule has 1 N–H and O–H groups in total. The number of nitrogens with one attached hydrogen (secondary N) is 1. The number of anilines is 2. The van der Waals surface area contributed by atoms with Gasteiger partial charge < -0.3 is 19.2 Å². The van der Waals surface area contributed by atoms with Crippen molar-refractivity contribution >= 4 is 39.2 Å². The topological polar surface area (TPSA) is 70.7 Å². The average molecular weight is 531 g/mol. The van der Waals surface area contributed by atoms with Crippen molar-refractivity contribution < 1.29 is 14.0 Å². The predicted molar refractivity (Wildman–Crippen MR) is 137 cm³/mol. The van der Waals surface area contributed by atoms with Gasteiger partial charge in [0.15, 0.2) is 0 Å². The number of nitrogens with zero attached hydrogens (tertiary/aromatic N) is 3. The summed E-state index contributed by atoms with van der Waals surface area (Å²) in [5.41, 5.74) is 3.30. The van der Waals surface area contributed by atoms with Gasteiger partial charge in [0.25, 0.3) is 0 Å². The average Bonchev–Trinajstić information content (AvgIpc) is 3.34. The van der Waals surface area contributed by atoms with Gasteiger partial charge in [0.05, 0.1) is 29.0 Å². The van der Waals surface area contributed by atoms with Gasteiger partial charge in [0.2, 0.25) is 5.91 Å². The predicted octanol–water partition coefficient (Wildman–Crippen LogP) is 5.97. The summed E-state index contributed by atoms with van der Waals surface area (Å²) in [6.07, 6.45) is 5.39. The first-order valence-corrected chi connectivity index (χ1v) is 12.4. The number of amides is 3. The Balaban J connectivity index is 1.35. The highest BCUT2D eigenvalue weighted by Crippen LogP contribution is 2.42. The van der Waals surface area contributed by atoms with Crippen LogP contribution in [0.5, 0.6) is 0 Å². The molecule has 6 rings (SSSR count). The third kappa shape index (κ3) is 3.93. The van der Waals surface area contributed by atoms with E-state index in [1.165, 1.54) is 0 Å². The van der Waals surface area contributed by atoms with E-state index in [9.17, 15) is 9.59 Å². The number of aromatic nitrogens is 1. The number of halogens is 1. The van der Waals surface area contributed by atoms with Crippen LogP contribution < -0.4 is 10.2 Å². The zero-order valence-electron chi connectivity index (χ0n) is 18.8. The SMILES string of the molecule is O=C(Nc1ccccc1Br)N(CC(=O)N1c2ccccc2-n2cccc2C1c1ccco1)C1CC1. The van der Waals surface area contributed by atoms with Crippen LogP contribution in [0.3, 0.4) is 0 Å². The maximum atomic E-state index is 14.0. The van der Waals surface area contributed by atoms with Crippen LogP contribution in [0.2, 0.25) is 0 Å². The molecule has 1 saturated carbocycles. The second-order valence-corrected chi connectivity index (χ2v) is 9.60. The largest absolute Gasteiger partial charge is 0.467 e. The van der Waals surface area contributed by atoms with E-state index in [0.29, 0.717) is 11.4 Å². The van der Waals surface area contributed by atoms with Gasteiger partial charge >= 0.3 is 6.03 Å². The molecule has 8 heteroatoms. The lowest BCUT2D eigenvalue weighted by Crippen LogP contribution is -2.48. The molecule has 3 heterocycles. The first kappa shape index (κ1) is 21.7. The number of para-hydroxylation sites is 3. The summed E-state index contributed by atoms with van der Waals surface area (Å²) in [7, 11) is 0. The number of rotatable bonds is 5. The van der Waals surface area contributed by atoms with E-state index in [0.717, 1.165) is 34.4 Å². The van der Waals surface area contributed by atoms with Crippen LogP contribution in [0.25, 0.3) is 5.69 Å². The Bertz CT molecular complexity index is 1390. The summed E-state index contributed by atoms with van der Waals surface area (Å²) in [6, 6.07) is 22.3. The van der Waals surface area contributed by atoms with Crippen molar-refractivity contribution in [1.29, 1.82) is 0 Å². The number of hydrogen-bond acceptors (Lipinski definition) is 3. The van der Waals surface area contributed by atoms with Crippen molar-refractivity contribution in [3.63, 3.8) is 0 Å². The molecule has 1 atom stereocenters. The monoisotopic (exact) mass is 530 g/mol. The molecular formula is C27H23BrN4O3. The van der Waals surface area contributed by atoms with E-state index < -0.39 is 6.04 Å². The summed E-state index contributed by atoms with van der Waals surface area (Å²) in [4.78, 5) is 30.7. The number of urea groups is 1. The minimum Gasteiger partial charge on any atom is -0.467 e. The molecule has 2 aromatic heterocycles. The second kappa shape index (κ2) is 8.78. The molecular weight excluding hydrogens is 508 g/mol. The fourth-order valence-electron chi connectivity index (χ4n) is 4.70. The van der Waals surface area contributed by atoms with E-state index >= 15 is 0 Å². The smallest absolute Gasteiger partial charge is 0.322 e. The van der Waals surface area contributed by atoms with E-state index in [2.05, 4.69) is 25.8 Å². The van der Waals surface area contributed by atoms with Crippen LogP contribution in [0.1, 0.15) is 30.3 Å². The highest BCUT2D eigenvalue weighted by atomic mass is 79.9. The van der Waals surface area contributed by atoms with Crippen LogP contribution in [0.15, 0.2) is 94.1 Å². The van der Waals surface area contributed by atoms with Crippen LogP contribution in [-0.4, -0.2) is 34.0 Å². The quantitative estimate of drug-likeness (QED) is 0.345. The lowest BCUT2D eigenvalue weighted by Gasteiger charge is -2.38. The number of furan rings is 1. The summed E-state index contributed by atoms with van der Waals surface area (Å²) in [5, 5.41) is 2.96. The van der Waals surface area contributed by atoms with Gasteiger partial charge in [-0.2, -0.15) is 0 Å². The van der Waals surface area contributed by atoms with Crippen molar-refractivity contribution in [1.82, 2.24) is 9.47 Å². The number of carbonyl (C=O) groups is 2. The Kier molecular flexibility index (Phi) is 5.45. The Morgan fingerprint density at radius 3 is 2.49 bits per heavy atom. The first-order chi connectivity index (χ1) is 17.1. The molecule has 176 valence electrons. The lowest BCUT2D eigenvalue weighted by molar-refractivity contribution is -0.119. The van der Waals surface area contributed by atoms with Gasteiger partial charge in [-0.1, -0.05) is 24.3 Å². The highest BCUT2D eigenvalue weighted by Gasteiger charge is 2.41. The molecule has 4 aromatic rings. The summed E-state index contributed by atoms with van der Waals surface area (Å²) in [5.74, 6) is 0.504. The van der Waals surface area contributed by atoms with Crippen molar-refractivity contribution in [3.05, 3.63) is 101 Å². The fourth-order valence-corrected chi connectivity index (χ4v) is 5.09. The van der Waals surface area contributed by atoms with Crippen LogP contribution in [0.4, 0.5) is 16.2 Å². The summed E-state index contributed by atoms with van der Waals surface area (Å²) >= 11 is 3.48. The maximum Gasteiger partial charge on any atom is 0.322 e. The number of benzene rings is 2. The molecule has 0 spiro atoms. The molecule has 3 amide bonds. The molecule has 1 unspecified atom stereocenters. The van der Waals surface area contributed by atoms with Gasteiger partial charge in [-0.25, -0.2) is 4.79 Å². The van der Waals surface area contributed by atoms with Crippen molar-refractivity contribution in [2.75, 3.05) is 16.8 Å². The minimum absolute atomic E-state index is 0.0345. The molecule has 35 heavy (non-hydrogen) atoms. The van der Waals surface area contributed by atoms with Crippen LogP contribution >= 0.6 is 15.9 Å². The third-order valence-corrected chi connectivity index (χ3v) is 7.16. The molecule has 2 aromatic carbocycles.